The van der Waals surface area contributed by atoms with E-state index in [1.54, 1.807) is 61.2 Å². The Kier molecular flexibility index (Phi) is 6.76. The number of carbonyl (C=O) groups is 2. The molecule has 4 aromatic rings. The van der Waals surface area contributed by atoms with Gasteiger partial charge in [0, 0.05) is 36.6 Å². The summed E-state index contributed by atoms with van der Waals surface area (Å²) in [5, 5.41) is 13.6. The number of carbonyl (C=O) groups excluding carboxylic acids is 2. The monoisotopic (exact) mass is 491 g/mol. The molecule has 0 aliphatic carbocycles. The SMILES string of the molecule is Cc1cccc(COc2ccc(C([O-])=C3C(=O)C(=O)N(Cc4cc[nH+]cc4)C3c3ccncc3)cc2)c1. The first-order valence-electron chi connectivity index (χ1n) is 11.9. The van der Waals surface area contributed by atoms with E-state index >= 15 is 0 Å². The Morgan fingerprint density at radius 1 is 0.973 bits per heavy atom. The number of hydrogen-bond donors (Lipinski definition) is 0. The van der Waals surface area contributed by atoms with Crippen LogP contribution in [0.15, 0.2) is 103 Å². The Hall–Kier alpha value is -4.78. The smallest absolute Gasteiger partial charge is 0.295 e. The number of amides is 1. The molecule has 1 fully saturated rings. The van der Waals surface area contributed by atoms with E-state index in [1.807, 2.05) is 37.3 Å². The van der Waals surface area contributed by atoms with Gasteiger partial charge in [-0.15, -0.1) is 0 Å². The number of rotatable bonds is 7. The standard InChI is InChI=1S/C30H25N3O4/c1-20-3-2-4-22(17-20)19-37-25-7-5-24(6-8-25)28(34)26-27(23-11-15-32-16-12-23)33(30(36)29(26)35)18-21-9-13-31-14-10-21/h2-17,27,34H,18-19H2,1H3. The van der Waals surface area contributed by atoms with Crippen LogP contribution in [0.5, 0.6) is 5.75 Å². The van der Waals surface area contributed by atoms with Gasteiger partial charge in [-0.25, -0.2) is 4.98 Å². The van der Waals surface area contributed by atoms with Crippen LogP contribution in [0.3, 0.4) is 0 Å². The number of aryl methyl sites for hydroxylation is 1. The van der Waals surface area contributed by atoms with Crippen LogP contribution in [0, 0.1) is 6.92 Å². The van der Waals surface area contributed by atoms with Crippen molar-refractivity contribution in [2.24, 2.45) is 0 Å². The van der Waals surface area contributed by atoms with Gasteiger partial charge in [-0.2, -0.15) is 0 Å². The lowest BCUT2D eigenvalue weighted by Gasteiger charge is -2.27. The number of ether oxygens (including phenoxy) is 1. The second-order valence-electron chi connectivity index (χ2n) is 8.90. The fourth-order valence-corrected chi connectivity index (χ4v) is 4.48. The molecule has 2 aromatic carbocycles. The van der Waals surface area contributed by atoms with E-state index in [1.165, 1.54) is 4.90 Å². The van der Waals surface area contributed by atoms with E-state index in [0.29, 0.717) is 23.5 Å². The summed E-state index contributed by atoms with van der Waals surface area (Å²) in [7, 11) is 0. The molecule has 1 unspecified atom stereocenters. The van der Waals surface area contributed by atoms with Crippen molar-refractivity contribution in [2.75, 3.05) is 0 Å². The Morgan fingerprint density at radius 2 is 1.70 bits per heavy atom. The predicted octanol–water partition coefficient (Wildman–Crippen LogP) is 3.21. The molecule has 3 heterocycles. The number of Topliss-reactive ketones (excluding diaryl/α,β-unsaturated/α-hetero) is 1. The van der Waals surface area contributed by atoms with Gasteiger partial charge in [-0.05, 0) is 53.4 Å². The first-order valence-corrected chi connectivity index (χ1v) is 11.9. The molecule has 0 bridgehead atoms. The van der Waals surface area contributed by atoms with Gasteiger partial charge in [-0.1, -0.05) is 47.7 Å². The van der Waals surface area contributed by atoms with Gasteiger partial charge < -0.3 is 14.7 Å². The Balaban J connectivity index is 1.45. The lowest BCUT2D eigenvalue weighted by Crippen LogP contribution is -2.29. The van der Waals surface area contributed by atoms with Crippen molar-refractivity contribution in [2.45, 2.75) is 26.1 Å². The van der Waals surface area contributed by atoms with Crippen LogP contribution < -0.4 is 14.8 Å². The van der Waals surface area contributed by atoms with Gasteiger partial charge in [0.05, 0.1) is 6.04 Å². The number of pyridine rings is 2. The van der Waals surface area contributed by atoms with Crippen LogP contribution in [0.2, 0.25) is 0 Å². The molecule has 1 atom stereocenters. The second kappa shape index (κ2) is 10.5. The quantitative estimate of drug-likeness (QED) is 0.225. The lowest BCUT2D eigenvalue weighted by molar-refractivity contribution is -0.378. The minimum atomic E-state index is -0.808. The van der Waals surface area contributed by atoms with E-state index in [9.17, 15) is 14.7 Å². The molecule has 7 heteroatoms. The van der Waals surface area contributed by atoms with Crippen LogP contribution in [-0.4, -0.2) is 21.6 Å². The average molecular weight is 492 g/mol. The Bertz CT molecular complexity index is 1450. The Morgan fingerprint density at radius 3 is 2.41 bits per heavy atom. The summed E-state index contributed by atoms with van der Waals surface area (Å²) in [5.74, 6) is -1.36. The van der Waals surface area contributed by atoms with Crippen molar-refractivity contribution in [3.8, 4) is 5.75 Å². The molecule has 1 amide bonds. The summed E-state index contributed by atoms with van der Waals surface area (Å²) in [6.07, 6.45) is 6.66. The fraction of sp³-hybridized carbons (Fsp3) is 0.133. The number of nitrogens with one attached hydrogen (secondary N) is 1. The summed E-state index contributed by atoms with van der Waals surface area (Å²) in [4.78, 5) is 34.7. The van der Waals surface area contributed by atoms with E-state index in [0.717, 1.165) is 16.7 Å². The van der Waals surface area contributed by atoms with Crippen molar-refractivity contribution in [3.05, 3.63) is 131 Å². The molecule has 1 saturated heterocycles. The van der Waals surface area contributed by atoms with Crippen LogP contribution in [0.1, 0.15) is 33.9 Å². The fourth-order valence-electron chi connectivity index (χ4n) is 4.48. The minimum absolute atomic E-state index is 0.0628. The van der Waals surface area contributed by atoms with Gasteiger partial charge >= 0.3 is 0 Å². The third-order valence-electron chi connectivity index (χ3n) is 6.30. The van der Waals surface area contributed by atoms with Crippen LogP contribution in [0.4, 0.5) is 0 Å². The molecule has 184 valence electrons. The maximum atomic E-state index is 13.6. The Labute approximate surface area is 214 Å². The molecule has 5 rings (SSSR count). The second-order valence-corrected chi connectivity index (χ2v) is 8.90. The number of aromatic amines is 1. The maximum Gasteiger partial charge on any atom is 0.295 e. The highest BCUT2D eigenvalue weighted by molar-refractivity contribution is 6.46. The van der Waals surface area contributed by atoms with E-state index in [2.05, 4.69) is 16.0 Å². The highest BCUT2D eigenvalue weighted by Gasteiger charge is 2.44. The molecule has 37 heavy (non-hydrogen) atoms. The molecular formula is C30H25N3O4. The summed E-state index contributed by atoms with van der Waals surface area (Å²) in [6.45, 7) is 2.61. The molecule has 2 aromatic heterocycles. The topological polar surface area (TPSA) is 96.7 Å². The van der Waals surface area contributed by atoms with Crippen molar-refractivity contribution >= 4 is 17.4 Å². The molecule has 0 radical (unpaired) electrons. The molecule has 0 saturated carbocycles. The lowest BCUT2D eigenvalue weighted by atomic mass is 9.96. The average Bonchev–Trinajstić information content (AvgIpc) is 3.18. The normalized spacial score (nSPS) is 16.7. The number of benzene rings is 2. The molecule has 0 spiro atoms. The predicted molar refractivity (Wildman–Crippen MR) is 134 cm³/mol. The number of ketones is 1. The number of aromatic nitrogens is 2. The third kappa shape index (κ3) is 5.11. The molecule has 1 aliphatic heterocycles. The van der Waals surface area contributed by atoms with Crippen LogP contribution in [0.25, 0.3) is 5.76 Å². The first-order chi connectivity index (χ1) is 18.0. The molecule has 1 aliphatic rings. The van der Waals surface area contributed by atoms with Crippen molar-refractivity contribution in [3.63, 3.8) is 0 Å². The van der Waals surface area contributed by atoms with Crippen molar-refractivity contribution in [1.29, 1.82) is 0 Å². The van der Waals surface area contributed by atoms with Gasteiger partial charge in [0.2, 0.25) is 5.78 Å². The highest BCUT2D eigenvalue weighted by Crippen LogP contribution is 2.39. The summed E-state index contributed by atoms with van der Waals surface area (Å²) in [6, 6.07) is 21.0. The van der Waals surface area contributed by atoms with Gasteiger partial charge in [0.1, 0.15) is 12.4 Å². The minimum Gasteiger partial charge on any atom is -0.872 e. The molecule has 1 N–H and O–H groups in total. The summed E-state index contributed by atoms with van der Waals surface area (Å²) in [5.41, 5.74) is 3.93. The number of likely N-dealkylation sites (tertiary alicyclic amines) is 1. The van der Waals surface area contributed by atoms with Crippen molar-refractivity contribution in [1.82, 2.24) is 9.88 Å². The molecule has 7 nitrogen and oxygen atoms in total. The third-order valence-corrected chi connectivity index (χ3v) is 6.30. The van der Waals surface area contributed by atoms with Gasteiger partial charge in [-0.3, -0.25) is 14.6 Å². The number of H-pyrrole nitrogens is 1. The van der Waals surface area contributed by atoms with Gasteiger partial charge in [0.15, 0.2) is 12.4 Å². The zero-order valence-corrected chi connectivity index (χ0v) is 20.3. The van der Waals surface area contributed by atoms with Crippen molar-refractivity contribution < 1.29 is 24.4 Å². The van der Waals surface area contributed by atoms with E-state index in [4.69, 9.17) is 4.74 Å². The zero-order chi connectivity index (χ0) is 25.8. The van der Waals surface area contributed by atoms with E-state index < -0.39 is 23.5 Å². The van der Waals surface area contributed by atoms with Crippen LogP contribution in [-0.2, 0) is 22.7 Å². The largest absolute Gasteiger partial charge is 0.872 e. The number of nitrogens with zero attached hydrogens (tertiary/aromatic N) is 2. The van der Waals surface area contributed by atoms with Crippen LogP contribution >= 0.6 is 0 Å². The first kappa shape index (κ1) is 23.9. The van der Waals surface area contributed by atoms with Gasteiger partial charge in [0.25, 0.3) is 5.91 Å². The summed E-state index contributed by atoms with van der Waals surface area (Å²) >= 11 is 0. The maximum absolute atomic E-state index is 13.6. The summed E-state index contributed by atoms with van der Waals surface area (Å²) < 4.78 is 5.86. The van der Waals surface area contributed by atoms with E-state index in [-0.39, 0.29) is 12.1 Å². The highest BCUT2D eigenvalue weighted by atomic mass is 16.5. The zero-order valence-electron chi connectivity index (χ0n) is 20.3. The number of hydrogen-bond acceptors (Lipinski definition) is 5. The molecular weight excluding hydrogens is 466 g/mol.